The Labute approximate surface area is 207 Å². The molecule has 2 aromatic heterocycles. The van der Waals surface area contributed by atoms with E-state index in [0.717, 1.165) is 21.5 Å². The molecule has 0 unspecified atom stereocenters. The zero-order valence-electron chi connectivity index (χ0n) is 19.1. The summed E-state index contributed by atoms with van der Waals surface area (Å²) in [5, 5.41) is 25.0. The summed E-state index contributed by atoms with van der Waals surface area (Å²) in [5.41, 5.74) is 3.00. The van der Waals surface area contributed by atoms with Crippen LogP contribution in [-0.4, -0.2) is 26.0 Å². The van der Waals surface area contributed by atoms with Gasteiger partial charge in [0.2, 0.25) is 0 Å². The quantitative estimate of drug-likeness (QED) is 0.279. The number of hydrogen-bond acceptors (Lipinski definition) is 5. The molecule has 0 fully saturated rings. The Bertz CT molecular complexity index is 1660. The lowest BCUT2D eigenvalue weighted by atomic mass is 9.98. The van der Waals surface area contributed by atoms with Crippen molar-refractivity contribution in [3.63, 3.8) is 0 Å². The van der Waals surface area contributed by atoms with E-state index in [-0.39, 0.29) is 17.3 Å². The molecule has 6 rings (SSSR count). The summed E-state index contributed by atoms with van der Waals surface area (Å²) in [6, 6.07) is 29.3. The van der Waals surface area contributed by atoms with Gasteiger partial charge in [-0.05, 0) is 47.2 Å². The number of fused-ring (bicyclic) bond motifs is 2. The average molecular weight is 469 g/mol. The highest BCUT2D eigenvalue weighted by atomic mass is 16.3. The molecule has 0 spiro atoms. The standard InChI is InChI=1S/C31H20N2O3/c34-29(21-13-15-32-27(17-21)25-11-9-19-5-1-3-7-23(19)30(25)35)22-14-16-33-28(18-22)26-12-10-20-6-2-4-8-24(20)31(26)36/h1-18,35-36H. The largest absolute Gasteiger partial charge is 0.507 e. The van der Waals surface area contributed by atoms with E-state index in [4.69, 9.17) is 0 Å². The predicted molar refractivity (Wildman–Crippen MR) is 141 cm³/mol. The van der Waals surface area contributed by atoms with Crippen molar-refractivity contribution >= 4 is 27.3 Å². The smallest absolute Gasteiger partial charge is 0.193 e. The van der Waals surface area contributed by atoms with Crippen molar-refractivity contribution in [2.24, 2.45) is 0 Å². The van der Waals surface area contributed by atoms with Crippen LogP contribution in [0.5, 0.6) is 11.5 Å². The Balaban J connectivity index is 1.38. The van der Waals surface area contributed by atoms with Gasteiger partial charge in [-0.15, -0.1) is 0 Å². The Hall–Kier alpha value is -5.03. The summed E-state index contributed by atoms with van der Waals surface area (Å²) in [6.45, 7) is 0. The Morgan fingerprint density at radius 3 is 1.47 bits per heavy atom. The molecule has 0 saturated carbocycles. The number of hydrogen-bond donors (Lipinski definition) is 2. The summed E-state index contributed by atoms with van der Waals surface area (Å²) >= 11 is 0. The third kappa shape index (κ3) is 3.63. The normalized spacial score (nSPS) is 11.1. The van der Waals surface area contributed by atoms with Gasteiger partial charge in [-0.25, -0.2) is 0 Å². The maximum atomic E-state index is 13.4. The number of ketones is 1. The van der Waals surface area contributed by atoms with Crippen molar-refractivity contribution in [3.05, 3.63) is 121 Å². The number of phenolic OH excluding ortho intramolecular Hbond substituents is 2. The van der Waals surface area contributed by atoms with Crippen LogP contribution in [0.1, 0.15) is 15.9 Å². The maximum absolute atomic E-state index is 13.4. The topological polar surface area (TPSA) is 83.3 Å². The van der Waals surface area contributed by atoms with Crippen molar-refractivity contribution in [2.75, 3.05) is 0 Å². The second-order valence-electron chi connectivity index (χ2n) is 8.55. The summed E-state index contributed by atoms with van der Waals surface area (Å²) in [4.78, 5) is 22.2. The molecule has 5 nitrogen and oxygen atoms in total. The molecular weight excluding hydrogens is 448 g/mol. The molecule has 2 heterocycles. The van der Waals surface area contributed by atoms with E-state index in [1.807, 2.05) is 60.7 Å². The van der Waals surface area contributed by atoms with Gasteiger partial charge >= 0.3 is 0 Å². The lowest BCUT2D eigenvalue weighted by Crippen LogP contribution is -2.03. The SMILES string of the molecule is O=C(c1ccnc(-c2ccc3ccccc3c2O)c1)c1ccnc(-c2ccc3ccccc3c2O)c1. The van der Waals surface area contributed by atoms with Crippen LogP contribution < -0.4 is 0 Å². The van der Waals surface area contributed by atoms with Crippen LogP contribution in [0, 0.1) is 0 Å². The van der Waals surface area contributed by atoms with E-state index in [1.54, 1.807) is 48.8 Å². The molecule has 0 bridgehead atoms. The van der Waals surface area contributed by atoms with Gasteiger partial charge in [-0.3, -0.25) is 14.8 Å². The van der Waals surface area contributed by atoms with E-state index >= 15 is 0 Å². The highest BCUT2D eigenvalue weighted by Gasteiger charge is 2.16. The molecule has 0 amide bonds. The van der Waals surface area contributed by atoms with Crippen LogP contribution in [0.4, 0.5) is 0 Å². The number of carbonyl (C=O) groups excluding carboxylic acids is 1. The van der Waals surface area contributed by atoms with Crippen molar-refractivity contribution in [2.45, 2.75) is 0 Å². The number of carbonyl (C=O) groups is 1. The monoisotopic (exact) mass is 468 g/mol. The first-order valence-corrected chi connectivity index (χ1v) is 11.5. The van der Waals surface area contributed by atoms with Crippen LogP contribution in [0.3, 0.4) is 0 Å². The predicted octanol–water partition coefficient (Wildman–Crippen LogP) is 6.76. The van der Waals surface area contributed by atoms with Gasteiger partial charge in [0, 0.05) is 45.4 Å². The average Bonchev–Trinajstić information content (AvgIpc) is 2.93. The van der Waals surface area contributed by atoms with Crippen LogP contribution in [0.25, 0.3) is 44.1 Å². The first-order valence-electron chi connectivity index (χ1n) is 11.5. The minimum atomic E-state index is -0.206. The molecule has 0 aliphatic rings. The second kappa shape index (κ2) is 8.64. The van der Waals surface area contributed by atoms with Gasteiger partial charge in [0.25, 0.3) is 0 Å². The number of rotatable bonds is 4. The van der Waals surface area contributed by atoms with Crippen molar-refractivity contribution in [3.8, 4) is 34.0 Å². The third-order valence-electron chi connectivity index (χ3n) is 6.40. The molecule has 36 heavy (non-hydrogen) atoms. The Kier molecular flexibility index (Phi) is 5.16. The van der Waals surface area contributed by atoms with Gasteiger partial charge in [0.15, 0.2) is 5.78 Å². The second-order valence-corrected chi connectivity index (χ2v) is 8.55. The summed E-state index contributed by atoms with van der Waals surface area (Å²) in [7, 11) is 0. The molecule has 0 aliphatic heterocycles. The van der Waals surface area contributed by atoms with Crippen LogP contribution >= 0.6 is 0 Å². The van der Waals surface area contributed by atoms with E-state index in [1.165, 1.54) is 0 Å². The van der Waals surface area contributed by atoms with Gasteiger partial charge in [-0.2, -0.15) is 0 Å². The fourth-order valence-electron chi connectivity index (χ4n) is 4.53. The Morgan fingerprint density at radius 2 is 1.00 bits per heavy atom. The number of pyridine rings is 2. The number of nitrogens with zero attached hydrogens (tertiary/aromatic N) is 2. The van der Waals surface area contributed by atoms with Crippen LogP contribution in [0.15, 0.2) is 109 Å². The molecule has 0 saturated heterocycles. The maximum Gasteiger partial charge on any atom is 0.193 e. The van der Waals surface area contributed by atoms with Gasteiger partial charge in [0.05, 0.1) is 11.4 Å². The van der Waals surface area contributed by atoms with E-state index in [9.17, 15) is 15.0 Å². The molecule has 6 aromatic rings. The van der Waals surface area contributed by atoms with Gasteiger partial charge in [-0.1, -0.05) is 60.7 Å². The molecule has 5 heteroatoms. The summed E-state index contributed by atoms with van der Waals surface area (Å²) in [6.07, 6.45) is 3.13. The highest BCUT2D eigenvalue weighted by molar-refractivity contribution is 6.10. The molecule has 4 aromatic carbocycles. The molecule has 0 aliphatic carbocycles. The summed E-state index contributed by atoms with van der Waals surface area (Å²) < 4.78 is 0. The van der Waals surface area contributed by atoms with E-state index in [0.29, 0.717) is 33.6 Å². The minimum Gasteiger partial charge on any atom is -0.507 e. The van der Waals surface area contributed by atoms with Gasteiger partial charge < -0.3 is 10.2 Å². The zero-order valence-corrected chi connectivity index (χ0v) is 19.1. The van der Waals surface area contributed by atoms with Crippen molar-refractivity contribution in [1.29, 1.82) is 0 Å². The number of aromatic nitrogens is 2. The van der Waals surface area contributed by atoms with Crippen LogP contribution in [-0.2, 0) is 0 Å². The first kappa shape index (κ1) is 21.5. The highest BCUT2D eigenvalue weighted by Crippen LogP contribution is 2.36. The minimum absolute atomic E-state index is 0.128. The lowest BCUT2D eigenvalue weighted by Gasteiger charge is -2.10. The van der Waals surface area contributed by atoms with E-state index in [2.05, 4.69) is 9.97 Å². The van der Waals surface area contributed by atoms with Crippen molar-refractivity contribution < 1.29 is 15.0 Å². The fourth-order valence-corrected chi connectivity index (χ4v) is 4.53. The molecule has 0 radical (unpaired) electrons. The third-order valence-corrected chi connectivity index (χ3v) is 6.40. The summed E-state index contributed by atoms with van der Waals surface area (Å²) in [5.74, 6) is 0.0502. The number of aromatic hydroxyl groups is 2. The number of benzene rings is 4. The lowest BCUT2D eigenvalue weighted by molar-refractivity contribution is 0.103. The van der Waals surface area contributed by atoms with Crippen LogP contribution in [0.2, 0.25) is 0 Å². The number of phenols is 2. The van der Waals surface area contributed by atoms with Gasteiger partial charge in [0.1, 0.15) is 11.5 Å². The molecule has 0 atom stereocenters. The van der Waals surface area contributed by atoms with Crippen molar-refractivity contribution in [1.82, 2.24) is 9.97 Å². The first-order chi connectivity index (χ1) is 17.6. The molecule has 172 valence electrons. The Morgan fingerprint density at radius 1 is 0.556 bits per heavy atom. The molecular formula is C31H20N2O3. The molecule has 2 N–H and O–H groups in total. The van der Waals surface area contributed by atoms with E-state index < -0.39 is 0 Å². The fraction of sp³-hybridized carbons (Fsp3) is 0. The zero-order chi connectivity index (χ0) is 24.6.